The Bertz CT molecular complexity index is 493. The molecule has 0 aromatic heterocycles. The van der Waals surface area contributed by atoms with Crippen LogP contribution in [-0.2, 0) is 4.74 Å². The molecule has 1 aliphatic heterocycles. The highest BCUT2D eigenvalue weighted by Crippen LogP contribution is 2.32. The van der Waals surface area contributed by atoms with E-state index in [-0.39, 0.29) is 30.1 Å². The average Bonchev–Trinajstić information content (AvgIpc) is 2.59. The Morgan fingerprint density at radius 2 is 1.96 bits per heavy atom. The molecule has 1 heterocycles. The van der Waals surface area contributed by atoms with E-state index in [0.29, 0.717) is 17.9 Å². The number of ether oxygens (including phenoxy) is 1. The van der Waals surface area contributed by atoms with Gasteiger partial charge >= 0.3 is 0 Å². The van der Waals surface area contributed by atoms with Crippen LogP contribution in [0.15, 0.2) is 35.3 Å². The Balaban J connectivity index is 0.00000288. The maximum atomic E-state index is 6.06. The van der Waals surface area contributed by atoms with Gasteiger partial charge in [-0.05, 0) is 31.2 Å². The molecule has 1 saturated heterocycles. The van der Waals surface area contributed by atoms with Crippen molar-refractivity contribution in [3.05, 3.63) is 35.9 Å². The monoisotopic (exact) mass is 445 g/mol. The molecule has 1 aromatic rings. The molecule has 24 heavy (non-hydrogen) atoms. The van der Waals surface area contributed by atoms with E-state index in [1.54, 1.807) is 0 Å². The summed E-state index contributed by atoms with van der Waals surface area (Å²) in [7, 11) is 1.83. The zero-order chi connectivity index (χ0) is 16.7. The summed E-state index contributed by atoms with van der Waals surface area (Å²) in [5, 5.41) is 6.94. The van der Waals surface area contributed by atoms with E-state index < -0.39 is 0 Å². The molecule has 2 rings (SSSR count). The summed E-state index contributed by atoms with van der Waals surface area (Å²) >= 11 is 0. The first-order valence-electron chi connectivity index (χ1n) is 8.75. The Morgan fingerprint density at radius 1 is 1.25 bits per heavy atom. The predicted molar refractivity (Wildman–Crippen MR) is 112 cm³/mol. The van der Waals surface area contributed by atoms with Crippen LogP contribution in [0.4, 0.5) is 0 Å². The van der Waals surface area contributed by atoms with E-state index in [2.05, 4.69) is 66.7 Å². The van der Waals surface area contributed by atoms with Gasteiger partial charge in [0.1, 0.15) is 0 Å². The second kappa shape index (κ2) is 10.9. The number of nitrogens with zero attached hydrogens (tertiary/aromatic N) is 1. The standard InChI is InChI=1S/C19H31N3O.HI/c1-14(2)15(3)22-19(20-4)21-13-17-11-8-12-23-18(17)16-9-6-5-7-10-16;/h5-7,9-10,14-15,17-18H,8,11-13H2,1-4H3,(H2,20,21,22);1H. The van der Waals surface area contributed by atoms with E-state index >= 15 is 0 Å². The van der Waals surface area contributed by atoms with Crippen LogP contribution in [0.2, 0.25) is 0 Å². The topological polar surface area (TPSA) is 45.7 Å². The van der Waals surface area contributed by atoms with Gasteiger partial charge < -0.3 is 15.4 Å². The Labute approximate surface area is 163 Å². The van der Waals surface area contributed by atoms with Crippen molar-refractivity contribution in [1.82, 2.24) is 10.6 Å². The number of hydrogen-bond donors (Lipinski definition) is 2. The van der Waals surface area contributed by atoms with E-state index in [0.717, 1.165) is 25.5 Å². The number of halogens is 1. The third-order valence-electron chi connectivity index (χ3n) is 4.69. The highest BCUT2D eigenvalue weighted by molar-refractivity contribution is 14.0. The molecule has 0 radical (unpaired) electrons. The molecule has 3 atom stereocenters. The van der Waals surface area contributed by atoms with E-state index in [9.17, 15) is 0 Å². The van der Waals surface area contributed by atoms with Crippen molar-refractivity contribution in [3.63, 3.8) is 0 Å². The van der Waals surface area contributed by atoms with Crippen LogP contribution < -0.4 is 10.6 Å². The van der Waals surface area contributed by atoms with Crippen LogP contribution >= 0.6 is 24.0 Å². The summed E-state index contributed by atoms with van der Waals surface area (Å²) in [6, 6.07) is 11.0. The SMILES string of the molecule is CN=C(NCC1CCCOC1c1ccccc1)NC(C)C(C)C.I. The summed E-state index contributed by atoms with van der Waals surface area (Å²) in [6.45, 7) is 8.35. The maximum absolute atomic E-state index is 6.06. The fourth-order valence-electron chi connectivity index (χ4n) is 2.87. The first kappa shape index (κ1) is 21.2. The Morgan fingerprint density at radius 3 is 2.58 bits per heavy atom. The fourth-order valence-corrected chi connectivity index (χ4v) is 2.87. The minimum atomic E-state index is 0. The number of rotatable bonds is 5. The van der Waals surface area contributed by atoms with Crippen molar-refractivity contribution >= 4 is 29.9 Å². The van der Waals surface area contributed by atoms with Crippen molar-refractivity contribution in [1.29, 1.82) is 0 Å². The number of benzene rings is 1. The maximum Gasteiger partial charge on any atom is 0.191 e. The van der Waals surface area contributed by atoms with Crippen LogP contribution in [0.25, 0.3) is 0 Å². The van der Waals surface area contributed by atoms with E-state index in [1.165, 1.54) is 12.0 Å². The molecule has 1 fully saturated rings. The smallest absolute Gasteiger partial charge is 0.191 e. The lowest BCUT2D eigenvalue weighted by atomic mass is 9.89. The molecule has 1 aliphatic rings. The molecule has 0 spiro atoms. The van der Waals surface area contributed by atoms with Crippen molar-refractivity contribution in [2.75, 3.05) is 20.2 Å². The second-order valence-corrected chi connectivity index (χ2v) is 6.73. The largest absolute Gasteiger partial charge is 0.373 e. The molecule has 0 aliphatic carbocycles. The van der Waals surface area contributed by atoms with Gasteiger partial charge in [-0.3, -0.25) is 4.99 Å². The van der Waals surface area contributed by atoms with E-state index in [1.807, 2.05) is 7.05 Å². The molecule has 1 aromatic carbocycles. The lowest BCUT2D eigenvalue weighted by molar-refractivity contribution is -0.0265. The van der Waals surface area contributed by atoms with Gasteiger partial charge in [0.15, 0.2) is 5.96 Å². The van der Waals surface area contributed by atoms with Crippen LogP contribution in [0.3, 0.4) is 0 Å². The number of aliphatic imine (C=N–C) groups is 1. The van der Waals surface area contributed by atoms with Crippen molar-refractivity contribution in [2.45, 2.75) is 45.8 Å². The molecule has 4 nitrogen and oxygen atoms in total. The zero-order valence-corrected chi connectivity index (χ0v) is 17.6. The van der Waals surface area contributed by atoms with Crippen LogP contribution in [0, 0.1) is 11.8 Å². The van der Waals surface area contributed by atoms with Crippen LogP contribution in [-0.4, -0.2) is 32.2 Å². The van der Waals surface area contributed by atoms with Crippen LogP contribution in [0.1, 0.15) is 45.3 Å². The first-order valence-corrected chi connectivity index (χ1v) is 8.75. The summed E-state index contributed by atoms with van der Waals surface area (Å²) in [4.78, 5) is 4.35. The first-order chi connectivity index (χ1) is 11.1. The minimum Gasteiger partial charge on any atom is -0.373 e. The normalized spacial score (nSPS) is 22.6. The minimum absolute atomic E-state index is 0. The molecular formula is C19H32IN3O. The van der Waals surface area contributed by atoms with Crippen molar-refractivity contribution in [2.24, 2.45) is 16.8 Å². The number of hydrogen-bond acceptors (Lipinski definition) is 2. The molecule has 3 unspecified atom stereocenters. The Hall–Kier alpha value is -0.820. The third kappa shape index (κ3) is 6.24. The molecule has 2 N–H and O–H groups in total. The number of guanidine groups is 1. The van der Waals surface area contributed by atoms with Crippen molar-refractivity contribution in [3.8, 4) is 0 Å². The summed E-state index contributed by atoms with van der Waals surface area (Å²) < 4.78 is 6.06. The highest BCUT2D eigenvalue weighted by atomic mass is 127. The molecule has 0 bridgehead atoms. The van der Waals surface area contributed by atoms with Gasteiger partial charge in [-0.1, -0.05) is 44.2 Å². The van der Waals surface area contributed by atoms with Gasteiger partial charge in [0.05, 0.1) is 6.10 Å². The van der Waals surface area contributed by atoms with E-state index in [4.69, 9.17) is 4.74 Å². The summed E-state index contributed by atoms with van der Waals surface area (Å²) in [6.07, 6.45) is 2.49. The number of nitrogens with one attached hydrogen (secondary N) is 2. The van der Waals surface area contributed by atoms with Gasteiger partial charge in [0, 0.05) is 32.2 Å². The Kier molecular flexibility index (Phi) is 9.66. The predicted octanol–water partition coefficient (Wildman–Crippen LogP) is 3.98. The van der Waals surface area contributed by atoms with Gasteiger partial charge in [0.2, 0.25) is 0 Å². The van der Waals surface area contributed by atoms with Gasteiger partial charge in [-0.2, -0.15) is 0 Å². The van der Waals surface area contributed by atoms with Crippen LogP contribution in [0.5, 0.6) is 0 Å². The molecule has 0 amide bonds. The van der Waals surface area contributed by atoms with Gasteiger partial charge in [-0.25, -0.2) is 0 Å². The second-order valence-electron chi connectivity index (χ2n) is 6.73. The molecule has 5 heteroatoms. The summed E-state index contributed by atoms with van der Waals surface area (Å²) in [5.41, 5.74) is 1.28. The lowest BCUT2D eigenvalue weighted by Gasteiger charge is -2.33. The summed E-state index contributed by atoms with van der Waals surface area (Å²) in [5.74, 6) is 1.92. The van der Waals surface area contributed by atoms with Crippen molar-refractivity contribution < 1.29 is 4.74 Å². The third-order valence-corrected chi connectivity index (χ3v) is 4.69. The average molecular weight is 445 g/mol. The highest BCUT2D eigenvalue weighted by Gasteiger charge is 2.27. The van der Waals surface area contributed by atoms with Gasteiger partial charge in [0.25, 0.3) is 0 Å². The van der Waals surface area contributed by atoms with Gasteiger partial charge in [-0.15, -0.1) is 24.0 Å². The molecule has 136 valence electrons. The molecular weight excluding hydrogens is 413 g/mol. The fraction of sp³-hybridized carbons (Fsp3) is 0.632. The quantitative estimate of drug-likeness (QED) is 0.410. The zero-order valence-electron chi connectivity index (χ0n) is 15.3. The molecule has 0 saturated carbocycles. The lowest BCUT2D eigenvalue weighted by Crippen LogP contribution is -2.46.